The Balaban J connectivity index is 1.86. The molecule has 1 atom stereocenters. The van der Waals surface area contributed by atoms with Crippen molar-refractivity contribution in [3.05, 3.63) is 98.4 Å². The summed E-state index contributed by atoms with van der Waals surface area (Å²) in [6, 6.07) is 7.46. The minimum Gasteiger partial charge on any atom is -0.455 e. The summed E-state index contributed by atoms with van der Waals surface area (Å²) >= 11 is 5.99. The number of hydrogen-bond donors (Lipinski definition) is 2. The minimum absolute atomic E-state index is 0.0311. The van der Waals surface area contributed by atoms with Gasteiger partial charge in [0.25, 0.3) is 0 Å². The maximum absolute atomic E-state index is 13.2. The molecule has 1 aromatic carbocycles. The third-order valence-corrected chi connectivity index (χ3v) is 5.63. The van der Waals surface area contributed by atoms with Crippen LogP contribution in [-0.2, 0) is 0 Å². The molecular formula is C25H24ClN3O2. The lowest BCUT2D eigenvalue weighted by Crippen LogP contribution is -2.14. The van der Waals surface area contributed by atoms with Crippen molar-refractivity contribution >= 4 is 33.8 Å². The molecule has 158 valence electrons. The fourth-order valence-corrected chi connectivity index (χ4v) is 3.95. The van der Waals surface area contributed by atoms with Crippen LogP contribution in [0.3, 0.4) is 0 Å². The molecule has 1 aliphatic rings. The highest BCUT2D eigenvalue weighted by Crippen LogP contribution is 2.32. The Labute approximate surface area is 186 Å². The molecule has 6 heteroatoms. The number of benzene rings is 1. The van der Waals surface area contributed by atoms with Crippen LogP contribution in [-0.4, -0.2) is 4.98 Å². The molecule has 1 aliphatic heterocycles. The number of allylic oxidation sites excluding steroid dienone is 3. The largest absolute Gasteiger partial charge is 0.455 e. The number of anilines is 1. The predicted molar refractivity (Wildman–Crippen MR) is 127 cm³/mol. The highest BCUT2D eigenvalue weighted by Gasteiger charge is 2.20. The summed E-state index contributed by atoms with van der Waals surface area (Å²) in [5.74, 6) is 0.551. The second-order valence-corrected chi connectivity index (χ2v) is 8.24. The van der Waals surface area contributed by atoms with E-state index in [1.807, 2.05) is 51.1 Å². The summed E-state index contributed by atoms with van der Waals surface area (Å²) in [5.41, 5.74) is 6.29. The lowest BCUT2D eigenvalue weighted by Gasteiger charge is -2.20. The zero-order valence-electron chi connectivity index (χ0n) is 18.0. The maximum Gasteiger partial charge on any atom is 0.196 e. The van der Waals surface area contributed by atoms with Gasteiger partial charge in [0.15, 0.2) is 5.43 Å². The summed E-state index contributed by atoms with van der Waals surface area (Å²) in [4.78, 5) is 17.5. The van der Waals surface area contributed by atoms with Crippen molar-refractivity contribution in [2.24, 2.45) is 0 Å². The Morgan fingerprint density at radius 2 is 1.97 bits per heavy atom. The molecule has 3 aromatic rings. The zero-order chi connectivity index (χ0) is 22.3. The van der Waals surface area contributed by atoms with Gasteiger partial charge in [-0.2, -0.15) is 0 Å². The molecule has 0 spiro atoms. The summed E-state index contributed by atoms with van der Waals surface area (Å²) in [7, 11) is 0. The quantitative estimate of drug-likeness (QED) is 0.497. The van der Waals surface area contributed by atoms with E-state index in [4.69, 9.17) is 16.0 Å². The SMILES string of the molecule is C=C1C=CC(c2oc3c(C(C)Nc4ccc(Cl)nc4C)cc(C)cc3c(=O)c2C)=CN1. The van der Waals surface area contributed by atoms with E-state index >= 15 is 0 Å². The number of halogens is 1. The van der Waals surface area contributed by atoms with Gasteiger partial charge in [-0.1, -0.05) is 24.2 Å². The van der Waals surface area contributed by atoms with Gasteiger partial charge in [0.1, 0.15) is 16.5 Å². The highest BCUT2D eigenvalue weighted by molar-refractivity contribution is 6.29. The molecule has 3 heterocycles. The molecule has 5 nitrogen and oxygen atoms in total. The van der Waals surface area contributed by atoms with E-state index in [2.05, 4.69) is 22.2 Å². The molecule has 0 saturated heterocycles. The molecule has 4 rings (SSSR count). The summed E-state index contributed by atoms with van der Waals surface area (Å²) in [6.07, 6.45) is 5.56. The van der Waals surface area contributed by atoms with Gasteiger partial charge < -0.3 is 15.1 Å². The first-order chi connectivity index (χ1) is 14.7. The summed E-state index contributed by atoms with van der Waals surface area (Å²) < 4.78 is 6.38. The number of nitrogens with zero attached hydrogens (tertiary/aromatic N) is 1. The first-order valence-corrected chi connectivity index (χ1v) is 10.4. The number of dihydropyridines is 1. The van der Waals surface area contributed by atoms with Crippen LogP contribution in [0.4, 0.5) is 5.69 Å². The Morgan fingerprint density at radius 1 is 1.19 bits per heavy atom. The summed E-state index contributed by atoms with van der Waals surface area (Å²) in [5, 5.41) is 7.59. The van der Waals surface area contributed by atoms with E-state index < -0.39 is 0 Å². The lowest BCUT2D eigenvalue weighted by molar-refractivity contribution is 0.574. The lowest BCUT2D eigenvalue weighted by atomic mass is 9.98. The van der Waals surface area contributed by atoms with Gasteiger partial charge in [-0.05, 0) is 63.6 Å². The first kappa shape index (κ1) is 20.9. The van der Waals surface area contributed by atoms with Crippen molar-refractivity contribution in [3.8, 4) is 0 Å². The molecule has 0 fully saturated rings. The Bertz CT molecular complexity index is 1330. The Hall–Kier alpha value is -3.31. The minimum atomic E-state index is -0.128. The average molecular weight is 434 g/mol. The van der Waals surface area contributed by atoms with Crippen LogP contribution in [0.1, 0.15) is 41.1 Å². The smallest absolute Gasteiger partial charge is 0.196 e. The molecule has 1 unspecified atom stereocenters. The van der Waals surface area contributed by atoms with E-state index in [0.717, 1.165) is 33.8 Å². The zero-order valence-corrected chi connectivity index (χ0v) is 18.7. The van der Waals surface area contributed by atoms with Crippen LogP contribution in [0.2, 0.25) is 5.15 Å². The van der Waals surface area contributed by atoms with Crippen LogP contribution >= 0.6 is 11.6 Å². The summed E-state index contributed by atoms with van der Waals surface area (Å²) in [6.45, 7) is 11.6. The van der Waals surface area contributed by atoms with Gasteiger partial charge in [-0.25, -0.2) is 4.98 Å². The van der Waals surface area contributed by atoms with Gasteiger partial charge in [0.05, 0.1) is 22.8 Å². The molecule has 0 saturated carbocycles. The predicted octanol–water partition coefficient (Wildman–Crippen LogP) is 5.95. The van der Waals surface area contributed by atoms with Crippen molar-refractivity contribution in [2.75, 3.05) is 5.32 Å². The monoisotopic (exact) mass is 433 g/mol. The second-order valence-electron chi connectivity index (χ2n) is 7.85. The van der Waals surface area contributed by atoms with E-state index in [1.54, 1.807) is 19.2 Å². The fourth-order valence-electron chi connectivity index (χ4n) is 3.76. The number of aromatic nitrogens is 1. The highest BCUT2D eigenvalue weighted by atomic mass is 35.5. The standard InChI is InChI=1S/C25H24ClN3O2/c1-13-10-19(16(4)28-21-8-9-22(26)29-17(21)5)25-20(11-13)23(30)15(3)24(31-25)18-7-6-14(2)27-12-18/h6-12,16,27-28H,2H2,1,3-5H3. The van der Waals surface area contributed by atoms with Gasteiger partial charge in [0.2, 0.25) is 0 Å². The molecule has 0 bridgehead atoms. The normalized spacial score (nSPS) is 14.4. The third-order valence-electron chi connectivity index (χ3n) is 5.42. The fraction of sp³-hybridized carbons (Fsp3) is 0.200. The Kier molecular flexibility index (Phi) is 5.46. The van der Waals surface area contributed by atoms with Crippen molar-refractivity contribution in [1.82, 2.24) is 10.3 Å². The molecular weight excluding hydrogens is 410 g/mol. The van der Waals surface area contributed by atoms with Crippen molar-refractivity contribution in [3.63, 3.8) is 0 Å². The topological polar surface area (TPSA) is 67.2 Å². The number of pyridine rings is 1. The van der Waals surface area contributed by atoms with Crippen LogP contribution in [0.15, 0.2) is 64.1 Å². The van der Waals surface area contributed by atoms with Crippen molar-refractivity contribution < 1.29 is 4.42 Å². The van der Waals surface area contributed by atoms with E-state index in [9.17, 15) is 4.79 Å². The van der Waals surface area contributed by atoms with Gasteiger partial charge >= 0.3 is 0 Å². The van der Waals surface area contributed by atoms with Crippen LogP contribution < -0.4 is 16.1 Å². The van der Waals surface area contributed by atoms with Gasteiger partial charge in [-0.15, -0.1) is 0 Å². The second kappa shape index (κ2) is 8.08. The third kappa shape index (κ3) is 4.01. The number of nitrogens with one attached hydrogen (secondary N) is 2. The molecule has 31 heavy (non-hydrogen) atoms. The molecule has 0 amide bonds. The first-order valence-electron chi connectivity index (χ1n) is 10.1. The van der Waals surface area contributed by atoms with Gasteiger partial charge in [0, 0.05) is 28.6 Å². The van der Waals surface area contributed by atoms with E-state index in [1.165, 1.54) is 0 Å². The van der Waals surface area contributed by atoms with Crippen molar-refractivity contribution in [2.45, 2.75) is 33.7 Å². The number of aryl methyl sites for hydroxylation is 2. The molecule has 0 radical (unpaired) electrons. The molecule has 2 aromatic heterocycles. The van der Waals surface area contributed by atoms with Crippen molar-refractivity contribution in [1.29, 1.82) is 0 Å². The number of rotatable bonds is 4. The van der Waals surface area contributed by atoms with E-state index in [0.29, 0.717) is 27.4 Å². The average Bonchev–Trinajstić information content (AvgIpc) is 2.73. The van der Waals surface area contributed by atoms with E-state index in [-0.39, 0.29) is 11.5 Å². The molecule has 2 N–H and O–H groups in total. The number of fused-ring (bicyclic) bond motifs is 1. The maximum atomic E-state index is 13.2. The number of hydrogen-bond acceptors (Lipinski definition) is 5. The van der Waals surface area contributed by atoms with Gasteiger partial charge in [-0.3, -0.25) is 4.79 Å². The van der Waals surface area contributed by atoms with Crippen LogP contribution in [0.5, 0.6) is 0 Å². The Morgan fingerprint density at radius 3 is 2.65 bits per heavy atom. The molecule has 0 aliphatic carbocycles. The van der Waals surface area contributed by atoms with Crippen LogP contribution in [0.25, 0.3) is 16.5 Å². The van der Waals surface area contributed by atoms with Crippen LogP contribution in [0, 0.1) is 20.8 Å².